The summed E-state index contributed by atoms with van der Waals surface area (Å²) in [5.74, 6) is 6.81. The van der Waals surface area contributed by atoms with Crippen molar-refractivity contribution in [1.29, 1.82) is 0 Å². The van der Waals surface area contributed by atoms with Crippen LogP contribution in [0.2, 0.25) is 0 Å². The van der Waals surface area contributed by atoms with E-state index in [1.165, 1.54) is 21.6 Å². The number of hydrogen-bond acceptors (Lipinski definition) is 4. The number of hydrogen-bond donors (Lipinski definition) is 2. The molecule has 3 nitrogen and oxygen atoms in total. The van der Waals surface area contributed by atoms with Crippen LogP contribution in [-0.2, 0) is 12.8 Å². The molecule has 1 aliphatic heterocycles. The molecular weight excluding hydrogens is 256 g/mol. The van der Waals surface area contributed by atoms with Crippen LogP contribution in [0.15, 0.2) is 29.6 Å². The summed E-state index contributed by atoms with van der Waals surface area (Å²) in [5.41, 5.74) is 6.82. The second kappa shape index (κ2) is 5.33. The molecular formula is C15H18N2OS. The molecule has 0 fully saturated rings. The van der Waals surface area contributed by atoms with E-state index in [4.69, 9.17) is 10.6 Å². The fourth-order valence-electron chi connectivity index (χ4n) is 2.60. The molecule has 1 atom stereocenters. The zero-order valence-corrected chi connectivity index (χ0v) is 11.8. The van der Waals surface area contributed by atoms with Crippen molar-refractivity contribution < 1.29 is 4.74 Å². The molecule has 2 aromatic rings. The molecule has 3 rings (SSSR count). The van der Waals surface area contributed by atoms with Gasteiger partial charge in [-0.1, -0.05) is 13.0 Å². The topological polar surface area (TPSA) is 47.3 Å². The molecule has 1 aromatic carbocycles. The third kappa shape index (κ3) is 2.27. The van der Waals surface area contributed by atoms with Gasteiger partial charge in [0.1, 0.15) is 5.75 Å². The lowest BCUT2D eigenvalue weighted by atomic mass is 9.99. The molecule has 1 aliphatic rings. The van der Waals surface area contributed by atoms with Crippen LogP contribution >= 0.6 is 11.3 Å². The Morgan fingerprint density at radius 2 is 2.32 bits per heavy atom. The number of rotatable bonds is 4. The smallest absolute Gasteiger partial charge is 0.122 e. The average Bonchev–Trinajstić information content (AvgIpc) is 3.07. The highest BCUT2D eigenvalue weighted by molar-refractivity contribution is 7.10. The molecule has 4 heteroatoms. The van der Waals surface area contributed by atoms with Crippen LogP contribution < -0.4 is 16.0 Å². The van der Waals surface area contributed by atoms with E-state index in [0.29, 0.717) is 0 Å². The van der Waals surface area contributed by atoms with Gasteiger partial charge in [0.25, 0.3) is 0 Å². The predicted molar refractivity (Wildman–Crippen MR) is 78.5 cm³/mol. The maximum Gasteiger partial charge on any atom is 0.122 e. The van der Waals surface area contributed by atoms with E-state index in [0.717, 1.165) is 25.2 Å². The molecule has 0 aliphatic carbocycles. The van der Waals surface area contributed by atoms with Crippen LogP contribution in [0, 0.1) is 0 Å². The van der Waals surface area contributed by atoms with Crippen molar-refractivity contribution in [3.63, 3.8) is 0 Å². The molecule has 0 bridgehead atoms. The van der Waals surface area contributed by atoms with Crippen molar-refractivity contribution >= 4 is 11.3 Å². The van der Waals surface area contributed by atoms with Crippen molar-refractivity contribution in [2.75, 3.05) is 6.61 Å². The Labute approximate surface area is 117 Å². The number of hydrazine groups is 1. The maximum atomic E-state index is 5.79. The summed E-state index contributed by atoms with van der Waals surface area (Å²) in [4.78, 5) is 1.31. The van der Waals surface area contributed by atoms with E-state index in [9.17, 15) is 0 Å². The highest BCUT2D eigenvalue weighted by atomic mass is 32.1. The molecule has 3 N–H and O–H groups in total. The van der Waals surface area contributed by atoms with Gasteiger partial charge in [-0.05, 0) is 46.7 Å². The van der Waals surface area contributed by atoms with Crippen LogP contribution in [0.5, 0.6) is 5.75 Å². The van der Waals surface area contributed by atoms with Gasteiger partial charge in [-0.15, -0.1) is 11.3 Å². The van der Waals surface area contributed by atoms with Gasteiger partial charge in [-0.3, -0.25) is 5.84 Å². The van der Waals surface area contributed by atoms with Crippen LogP contribution in [0.4, 0.5) is 0 Å². The Balaban J connectivity index is 1.98. The van der Waals surface area contributed by atoms with Crippen molar-refractivity contribution in [2.45, 2.75) is 25.8 Å². The summed E-state index contributed by atoms with van der Waals surface area (Å²) in [6.07, 6.45) is 2.02. The zero-order chi connectivity index (χ0) is 13.2. The summed E-state index contributed by atoms with van der Waals surface area (Å²) in [5, 5.41) is 2.13. The molecule has 2 heterocycles. The number of thiophene rings is 1. The molecule has 0 saturated heterocycles. The quantitative estimate of drug-likeness (QED) is 0.666. The van der Waals surface area contributed by atoms with Crippen molar-refractivity contribution in [3.05, 3.63) is 51.2 Å². The van der Waals surface area contributed by atoms with Gasteiger partial charge in [-0.25, -0.2) is 5.43 Å². The Morgan fingerprint density at radius 1 is 1.42 bits per heavy atom. The van der Waals surface area contributed by atoms with Crippen LogP contribution in [0.1, 0.15) is 34.5 Å². The monoisotopic (exact) mass is 274 g/mol. The van der Waals surface area contributed by atoms with Crippen molar-refractivity contribution in [1.82, 2.24) is 5.43 Å². The first-order valence-corrected chi connectivity index (χ1v) is 7.49. The minimum absolute atomic E-state index is 0.0702. The summed E-state index contributed by atoms with van der Waals surface area (Å²) in [7, 11) is 0. The Kier molecular flexibility index (Phi) is 3.55. The number of nitrogens with two attached hydrogens (primary N) is 1. The standard InChI is InChI=1S/C15H18N2OS/c1-2-10-6-8-19-15(10)14(17-16)12-3-4-13-11(9-12)5-7-18-13/h3-4,6,8-9,14,17H,2,5,7,16H2,1H3. The number of aryl methyl sites for hydroxylation is 1. The molecule has 100 valence electrons. The lowest BCUT2D eigenvalue weighted by Crippen LogP contribution is -2.28. The largest absolute Gasteiger partial charge is 0.493 e. The lowest BCUT2D eigenvalue weighted by molar-refractivity contribution is 0.357. The third-order valence-corrected chi connectivity index (χ3v) is 4.66. The molecule has 1 aromatic heterocycles. The third-order valence-electron chi connectivity index (χ3n) is 3.64. The fraction of sp³-hybridized carbons (Fsp3) is 0.333. The average molecular weight is 274 g/mol. The van der Waals surface area contributed by atoms with E-state index in [1.54, 1.807) is 11.3 Å². The normalized spacial score (nSPS) is 15.1. The second-order valence-corrected chi connectivity index (χ2v) is 5.68. The minimum atomic E-state index is 0.0702. The zero-order valence-electron chi connectivity index (χ0n) is 11.0. The first-order valence-electron chi connectivity index (χ1n) is 6.61. The minimum Gasteiger partial charge on any atom is -0.493 e. The SMILES string of the molecule is CCc1ccsc1C(NN)c1ccc2c(c1)CCO2. The Hall–Kier alpha value is -1.36. The molecule has 0 radical (unpaired) electrons. The number of ether oxygens (including phenoxy) is 1. The first kappa shape index (κ1) is 12.7. The van der Waals surface area contributed by atoms with Crippen LogP contribution in [-0.4, -0.2) is 6.61 Å². The number of fused-ring (bicyclic) bond motifs is 1. The Bertz CT molecular complexity index is 579. The van der Waals surface area contributed by atoms with Crippen LogP contribution in [0.25, 0.3) is 0 Å². The summed E-state index contributed by atoms with van der Waals surface area (Å²) in [6, 6.07) is 8.63. The van der Waals surface area contributed by atoms with E-state index >= 15 is 0 Å². The fourth-order valence-corrected chi connectivity index (χ4v) is 3.69. The molecule has 0 amide bonds. The van der Waals surface area contributed by atoms with Gasteiger partial charge in [0.15, 0.2) is 0 Å². The Morgan fingerprint density at radius 3 is 3.11 bits per heavy atom. The highest BCUT2D eigenvalue weighted by Gasteiger charge is 2.20. The van der Waals surface area contributed by atoms with Crippen molar-refractivity contribution in [2.24, 2.45) is 5.84 Å². The molecule has 19 heavy (non-hydrogen) atoms. The highest BCUT2D eigenvalue weighted by Crippen LogP contribution is 2.33. The van der Waals surface area contributed by atoms with Gasteiger partial charge in [-0.2, -0.15) is 0 Å². The summed E-state index contributed by atoms with van der Waals surface area (Å²) >= 11 is 1.76. The van der Waals surface area contributed by atoms with E-state index in [1.807, 2.05) is 0 Å². The van der Waals surface area contributed by atoms with Gasteiger partial charge in [0.2, 0.25) is 0 Å². The van der Waals surface area contributed by atoms with Gasteiger partial charge >= 0.3 is 0 Å². The molecule has 0 saturated carbocycles. The molecule has 1 unspecified atom stereocenters. The molecule has 0 spiro atoms. The summed E-state index contributed by atoms with van der Waals surface area (Å²) < 4.78 is 5.55. The van der Waals surface area contributed by atoms with E-state index < -0.39 is 0 Å². The van der Waals surface area contributed by atoms with Gasteiger partial charge in [0, 0.05) is 11.3 Å². The second-order valence-electron chi connectivity index (χ2n) is 4.73. The van der Waals surface area contributed by atoms with Crippen molar-refractivity contribution in [3.8, 4) is 5.75 Å². The lowest BCUT2D eigenvalue weighted by Gasteiger charge is -2.17. The van der Waals surface area contributed by atoms with E-state index in [-0.39, 0.29) is 6.04 Å². The summed E-state index contributed by atoms with van der Waals surface area (Å²) in [6.45, 7) is 2.97. The number of benzene rings is 1. The van der Waals surface area contributed by atoms with Gasteiger partial charge in [0.05, 0.1) is 12.6 Å². The predicted octanol–water partition coefficient (Wildman–Crippen LogP) is 2.80. The van der Waals surface area contributed by atoms with Crippen LogP contribution in [0.3, 0.4) is 0 Å². The number of nitrogens with one attached hydrogen (secondary N) is 1. The van der Waals surface area contributed by atoms with E-state index in [2.05, 4.69) is 42.0 Å². The first-order chi connectivity index (χ1) is 9.33. The maximum absolute atomic E-state index is 5.79. The van der Waals surface area contributed by atoms with Gasteiger partial charge < -0.3 is 4.74 Å².